The normalized spacial score (nSPS) is 22.6. The maximum absolute atomic E-state index is 12.8. The molecule has 0 saturated heterocycles. The lowest BCUT2D eigenvalue weighted by Gasteiger charge is -2.44. The van der Waals surface area contributed by atoms with E-state index < -0.39 is 17.7 Å². The summed E-state index contributed by atoms with van der Waals surface area (Å²) in [6, 6.07) is 3.58. The number of carboxylic acid groups (broad SMARTS) is 1. The van der Waals surface area contributed by atoms with Gasteiger partial charge in [-0.05, 0) is 57.6 Å². The molecule has 1 aliphatic rings. The standard InChI is InChI=1S/C23H36N4O4/c1-22(2,3)13-26-17-10-9-16(24-19(17)25(7)20(26)29)15-12-14(8-11-18(15)28)27(21(30)31)23(4,5)6/h9-10,14-15,18,28H,8,11-13H2,1-7H3,(H,30,31). The number of fused-ring (bicyclic) bond motifs is 1. The van der Waals surface area contributed by atoms with Crippen LogP contribution < -0.4 is 5.69 Å². The summed E-state index contributed by atoms with van der Waals surface area (Å²) in [6.07, 6.45) is 0.0890. The number of aliphatic hydroxyl groups excluding tert-OH is 1. The van der Waals surface area contributed by atoms with Crippen LogP contribution in [-0.2, 0) is 13.6 Å². The smallest absolute Gasteiger partial charge is 0.407 e. The Morgan fingerprint density at radius 2 is 1.84 bits per heavy atom. The second-order valence-electron chi connectivity index (χ2n) is 11.0. The summed E-state index contributed by atoms with van der Waals surface area (Å²) < 4.78 is 3.30. The van der Waals surface area contributed by atoms with E-state index >= 15 is 0 Å². The topological polar surface area (TPSA) is 101 Å². The van der Waals surface area contributed by atoms with E-state index in [9.17, 15) is 19.8 Å². The summed E-state index contributed by atoms with van der Waals surface area (Å²) >= 11 is 0. The van der Waals surface area contributed by atoms with E-state index in [0.29, 0.717) is 37.1 Å². The van der Waals surface area contributed by atoms with Gasteiger partial charge in [-0.1, -0.05) is 20.8 Å². The first-order valence-electron chi connectivity index (χ1n) is 11.0. The second kappa shape index (κ2) is 7.97. The molecule has 2 heterocycles. The summed E-state index contributed by atoms with van der Waals surface area (Å²) in [7, 11) is 1.71. The van der Waals surface area contributed by atoms with E-state index in [2.05, 4.69) is 20.8 Å². The quantitative estimate of drug-likeness (QED) is 0.772. The van der Waals surface area contributed by atoms with Crippen molar-refractivity contribution in [1.82, 2.24) is 19.0 Å². The van der Waals surface area contributed by atoms with Gasteiger partial charge in [-0.15, -0.1) is 0 Å². The summed E-state index contributed by atoms with van der Waals surface area (Å²) in [4.78, 5) is 31.0. The molecule has 3 rings (SSSR count). The monoisotopic (exact) mass is 432 g/mol. The highest BCUT2D eigenvalue weighted by Crippen LogP contribution is 2.37. The fourth-order valence-corrected chi connectivity index (χ4v) is 4.80. The van der Waals surface area contributed by atoms with Gasteiger partial charge in [-0.3, -0.25) is 9.13 Å². The van der Waals surface area contributed by atoms with Crippen molar-refractivity contribution in [1.29, 1.82) is 0 Å². The molecule has 3 atom stereocenters. The van der Waals surface area contributed by atoms with Crippen molar-refractivity contribution in [3.8, 4) is 0 Å². The first-order valence-corrected chi connectivity index (χ1v) is 11.0. The van der Waals surface area contributed by atoms with Crippen LogP contribution in [-0.4, -0.2) is 53.0 Å². The molecule has 0 radical (unpaired) electrons. The summed E-state index contributed by atoms with van der Waals surface area (Å²) in [5.74, 6) is -0.284. The number of hydrogen-bond acceptors (Lipinski definition) is 4. The van der Waals surface area contributed by atoms with E-state index in [1.807, 2.05) is 32.9 Å². The number of imidazole rings is 1. The molecule has 0 aromatic carbocycles. The van der Waals surface area contributed by atoms with Crippen molar-refractivity contribution in [3.05, 3.63) is 28.3 Å². The van der Waals surface area contributed by atoms with Crippen molar-refractivity contribution < 1.29 is 15.0 Å². The fraction of sp³-hybridized carbons (Fsp3) is 0.696. The highest BCUT2D eigenvalue weighted by molar-refractivity contribution is 5.72. The SMILES string of the molecule is Cn1c(=O)n(CC(C)(C)C)c2ccc(C3CC(N(C(=O)O)C(C)(C)C)CCC3O)nc21. The Morgan fingerprint density at radius 1 is 1.19 bits per heavy atom. The van der Waals surface area contributed by atoms with Crippen molar-refractivity contribution in [2.45, 2.75) is 91.0 Å². The molecule has 1 fully saturated rings. The molecule has 2 aromatic heterocycles. The third kappa shape index (κ3) is 4.63. The van der Waals surface area contributed by atoms with Gasteiger partial charge in [0.1, 0.15) is 0 Å². The van der Waals surface area contributed by atoms with Crippen molar-refractivity contribution in [2.75, 3.05) is 0 Å². The summed E-state index contributed by atoms with van der Waals surface area (Å²) in [5.41, 5.74) is 1.36. The number of carbonyl (C=O) groups is 1. The molecule has 31 heavy (non-hydrogen) atoms. The van der Waals surface area contributed by atoms with Crippen LogP contribution in [0.3, 0.4) is 0 Å². The van der Waals surface area contributed by atoms with Gasteiger partial charge in [-0.25, -0.2) is 14.6 Å². The first-order chi connectivity index (χ1) is 14.2. The zero-order chi connectivity index (χ0) is 23.3. The van der Waals surface area contributed by atoms with Gasteiger partial charge >= 0.3 is 11.8 Å². The lowest BCUT2D eigenvalue weighted by molar-refractivity contribution is 0.0196. The molecular weight excluding hydrogens is 396 g/mol. The Hall–Kier alpha value is -2.35. The van der Waals surface area contributed by atoms with Crippen LogP contribution in [0.2, 0.25) is 0 Å². The Kier molecular flexibility index (Phi) is 5.99. The number of nitrogens with zero attached hydrogens (tertiary/aromatic N) is 4. The lowest BCUT2D eigenvalue weighted by Crippen LogP contribution is -2.53. The molecule has 1 amide bonds. The fourth-order valence-electron chi connectivity index (χ4n) is 4.80. The maximum atomic E-state index is 12.8. The predicted octanol–water partition coefficient (Wildman–Crippen LogP) is 3.56. The minimum atomic E-state index is -0.947. The highest BCUT2D eigenvalue weighted by atomic mass is 16.4. The molecule has 0 bridgehead atoms. The second-order valence-corrected chi connectivity index (χ2v) is 11.0. The lowest BCUT2D eigenvalue weighted by atomic mass is 9.79. The van der Waals surface area contributed by atoms with Gasteiger partial charge < -0.3 is 15.1 Å². The van der Waals surface area contributed by atoms with E-state index in [-0.39, 0.29) is 23.1 Å². The molecule has 1 aliphatic carbocycles. The van der Waals surface area contributed by atoms with E-state index in [1.54, 1.807) is 16.2 Å². The number of hydrogen-bond donors (Lipinski definition) is 2. The minimum absolute atomic E-state index is 0.0587. The average Bonchev–Trinajstić information content (AvgIpc) is 2.85. The first kappa shape index (κ1) is 23.3. The third-order valence-corrected chi connectivity index (χ3v) is 6.09. The molecule has 2 N–H and O–H groups in total. The number of aryl methyl sites for hydroxylation is 1. The minimum Gasteiger partial charge on any atom is -0.465 e. The van der Waals surface area contributed by atoms with Crippen molar-refractivity contribution >= 4 is 17.3 Å². The molecule has 0 spiro atoms. The molecule has 2 aromatic rings. The Bertz CT molecular complexity index is 1030. The molecule has 172 valence electrons. The number of rotatable bonds is 3. The summed E-state index contributed by atoms with van der Waals surface area (Å²) in [6.45, 7) is 12.5. The van der Waals surface area contributed by atoms with Crippen molar-refractivity contribution in [3.63, 3.8) is 0 Å². The third-order valence-electron chi connectivity index (χ3n) is 6.09. The van der Waals surface area contributed by atoms with Gasteiger partial charge in [-0.2, -0.15) is 0 Å². The van der Waals surface area contributed by atoms with Gasteiger partial charge in [0.05, 0.1) is 11.6 Å². The summed E-state index contributed by atoms with van der Waals surface area (Å²) in [5, 5.41) is 20.5. The van der Waals surface area contributed by atoms with Gasteiger partial charge in [0.15, 0.2) is 5.65 Å². The Morgan fingerprint density at radius 3 is 2.39 bits per heavy atom. The van der Waals surface area contributed by atoms with E-state index in [0.717, 1.165) is 5.52 Å². The molecule has 8 heteroatoms. The highest BCUT2D eigenvalue weighted by Gasteiger charge is 2.40. The largest absolute Gasteiger partial charge is 0.465 e. The number of amides is 1. The molecular formula is C23H36N4O4. The van der Waals surface area contributed by atoms with Gasteiger partial charge in [0, 0.05) is 36.8 Å². The molecule has 3 unspecified atom stereocenters. The van der Waals surface area contributed by atoms with Crippen molar-refractivity contribution in [2.24, 2.45) is 12.5 Å². The van der Waals surface area contributed by atoms with Crippen LogP contribution in [0.1, 0.15) is 72.4 Å². The van der Waals surface area contributed by atoms with Crippen LogP contribution in [0.4, 0.5) is 4.79 Å². The predicted molar refractivity (Wildman–Crippen MR) is 120 cm³/mol. The number of aliphatic hydroxyl groups is 1. The van der Waals surface area contributed by atoms with Crippen LogP contribution in [0.25, 0.3) is 11.2 Å². The van der Waals surface area contributed by atoms with Gasteiger partial charge in [0.25, 0.3) is 0 Å². The zero-order valence-electron chi connectivity index (χ0n) is 19.7. The molecule has 8 nitrogen and oxygen atoms in total. The van der Waals surface area contributed by atoms with E-state index in [4.69, 9.17) is 4.98 Å². The Labute approximate surface area is 183 Å². The Balaban J connectivity index is 1.99. The van der Waals surface area contributed by atoms with Gasteiger partial charge in [0.2, 0.25) is 0 Å². The maximum Gasteiger partial charge on any atom is 0.407 e. The van der Waals surface area contributed by atoms with Crippen LogP contribution in [0, 0.1) is 5.41 Å². The van der Waals surface area contributed by atoms with E-state index in [1.165, 1.54) is 4.90 Å². The molecule has 0 aliphatic heterocycles. The number of pyridine rings is 1. The van der Waals surface area contributed by atoms with Crippen LogP contribution in [0.5, 0.6) is 0 Å². The number of aromatic nitrogens is 3. The van der Waals surface area contributed by atoms with Crippen LogP contribution in [0.15, 0.2) is 16.9 Å². The molecule has 1 saturated carbocycles. The average molecular weight is 433 g/mol. The zero-order valence-corrected chi connectivity index (χ0v) is 19.7. The van der Waals surface area contributed by atoms with Crippen LogP contribution >= 0.6 is 0 Å².